The third-order valence-electron chi connectivity index (χ3n) is 5.32. The summed E-state index contributed by atoms with van der Waals surface area (Å²) in [6.45, 7) is 3.82. The Morgan fingerprint density at radius 3 is 2.33 bits per heavy atom. The first-order chi connectivity index (χ1) is 14.3. The number of hydrogen-bond donors (Lipinski definition) is 0. The maximum atomic E-state index is 13.5. The second kappa shape index (κ2) is 8.24. The Hall–Kier alpha value is -2.64. The zero-order chi connectivity index (χ0) is 21.4. The summed E-state index contributed by atoms with van der Waals surface area (Å²) in [7, 11) is 1.79. The van der Waals surface area contributed by atoms with Crippen LogP contribution in [0, 0.1) is 0 Å². The predicted octanol–water partition coefficient (Wildman–Crippen LogP) is 3.64. The summed E-state index contributed by atoms with van der Waals surface area (Å²) in [6.07, 6.45) is 2.40. The molecular weight excluding hydrogens is 425 g/mol. The molecular formula is C21H21Cl2N5O2. The van der Waals surface area contributed by atoms with E-state index in [1.165, 1.54) is 0 Å². The molecule has 1 aliphatic rings. The highest BCUT2D eigenvalue weighted by molar-refractivity contribution is 6.35. The molecule has 7 nitrogen and oxygen atoms in total. The minimum Gasteiger partial charge on any atom is -0.341 e. The Morgan fingerprint density at radius 2 is 1.63 bits per heavy atom. The van der Waals surface area contributed by atoms with E-state index in [-0.39, 0.29) is 11.8 Å². The summed E-state index contributed by atoms with van der Waals surface area (Å²) in [5, 5.41) is 5.96. The van der Waals surface area contributed by atoms with E-state index in [9.17, 15) is 9.59 Å². The van der Waals surface area contributed by atoms with Gasteiger partial charge in [0.05, 0.1) is 22.8 Å². The average molecular weight is 446 g/mol. The maximum Gasteiger partial charge on any atom is 0.254 e. The standard InChI is InChI=1S/C21H21Cl2N5O2/c1-13(29)27-4-3-5-28(7-6-27)21(30)17-11-19(14-8-15(22)10-16(23)9-14)25-20-18(17)12-24-26(20)2/h8-12H,3-7H2,1-2H3. The summed E-state index contributed by atoms with van der Waals surface area (Å²) in [5.74, 6) is -0.0711. The second-order valence-corrected chi connectivity index (χ2v) is 8.24. The fourth-order valence-electron chi connectivity index (χ4n) is 3.75. The number of benzene rings is 1. The lowest BCUT2D eigenvalue weighted by molar-refractivity contribution is -0.128. The number of pyridine rings is 1. The molecule has 1 fully saturated rings. The molecule has 3 heterocycles. The topological polar surface area (TPSA) is 71.3 Å². The molecule has 3 aromatic rings. The molecule has 0 radical (unpaired) electrons. The van der Waals surface area contributed by atoms with Crippen LogP contribution < -0.4 is 0 Å². The van der Waals surface area contributed by atoms with Gasteiger partial charge in [-0.3, -0.25) is 14.3 Å². The predicted molar refractivity (Wildman–Crippen MR) is 117 cm³/mol. The molecule has 0 N–H and O–H groups in total. The minimum absolute atomic E-state index is 0.0305. The first-order valence-electron chi connectivity index (χ1n) is 9.67. The molecule has 4 rings (SSSR count). The van der Waals surface area contributed by atoms with Crippen LogP contribution in [0.4, 0.5) is 0 Å². The molecule has 0 atom stereocenters. The van der Waals surface area contributed by atoms with Gasteiger partial charge in [-0.1, -0.05) is 23.2 Å². The van der Waals surface area contributed by atoms with Crippen LogP contribution in [0.25, 0.3) is 22.3 Å². The fourth-order valence-corrected chi connectivity index (χ4v) is 4.27. The van der Waals surface area contributed by atoms with Crippen LogP contribution in [-0.2, 0) is 11.8 Å². The largest absolute Gasteiger partial charge is 0.341 e. The smallest absolute Gasteiger partial charge is 0.254 e. The summed E-state index contributed by atoms with van der Waals surface area (Å²) >= 11 is 12.3. The van der Waals surface area contributed by atoms with Crippen LogP contribution in [0.15, 0.2) is 30.5 Å². The van der Waals surface area contributed by atoms with Crippen molar-refractivity contribution in [2.24, 2.45) is 7.05 Å². The van der Waals surface area contributed by atoms with E-state index in [0.717, 1.165) is 12.0 Å². The van der Waals surface area contributed by atoms with Gasteiger partial charge in [-0.25, -0.2) is 4.98 Å². The molecule has 2 amide bonds. The summed E-state index contributed by atoms with van der Waals surface area (Å²) < 4.78 is 1.64. The van der Waals surface area contributed by atoms with Crippen LogP contribution in [0.1, 0.15) is 23.7 Å². The van der Waals surface area contributed by atoms with Gasteiger partial charge in [0.25, 0.3) is 5.91 Å². The summed E-state index contributed by atoms with van der Waals surface area (Å²) in [4.78, 5) is 33.4. The molecule has 1 saturated heterocycles. The van der Waals surface area contributed by atoms with Gasteiger partial charge in [0.1, 0.15) is 0 Å². The summed E-state index contributed by atoms with van der Waals surface area (Å²) in [5.41, 5.74) is 2.45. The second-order valence-electron chi connectivity index (χ2n) is 7.37. The zero-order valence-electron chi connectivity index (χ0n) is 16.7. The van der Waals surface area contributed by atoms with Crippen molar-refractivity contribution in [3.8, 4) is 11.3 Å². The molecule has 9 heteroatoms. The summed E-state index contributed by atoms with van der Waals surface area (Å²) in [6, 6.07) is 6.95. The number of halogens is 2. The number of hydrogen-bond acceptors (Lipinski definition) is 4. The zero-order valence-corrected chi connectivity index (χ0v) is 18.2. The minimum atomic E-state index is -0.102. The lowest BCUT2D eigenvalue weighted by atomic mass is 10.1. The average Bonchev–Trinajstić information content (AvgIpc) is 2.91. The fraction of sp³-hybridized carbons (Fsp3) is 0.333. The van der Waals surface area contributed by atoms with E-state index in [1.54, 1.807) is 58.9 Å². The Labute approximate surface area is 184 Å². The molecule has 0 spiro atoms. The molecule has 30 heavy (non-hydrogen) atoms. The van der Waals surface area contributed by atoms with Crippen molar-refractivity contribution in [3.05, 3.63) is 46.1 Å². The van der Waals surface area contributed by atoms with Gasteiger partial charge in [-0.05, 0) is 30.7 Å². The van der Waals surface area contributed by atoms with Crippen LogP contribution in [0.3, 0.4) is 0 Å². The lowest BCUT2D eigenvalue weighted by Crippen LogP contribution is -2.36. The first kappa shape index (κ1) is 20.6. The Bertz CT molecular complexity index is 1120. The normalized spacial score (nSPS) is 14.8. The van der Waals surface area contributed by atoms with E-state index < -0.39 is 0 Å². The highest BCUT2D eigenvalue weighted by atomic mass is 35.5. The van der Waals surface area contributed by atoms with Crippen molar-refractivity contribution in [2.45, 2.75) is 13.3 Å². The number of rotatable bonds is 2. The highest BCUT2D eigenvalue weighted by Crippen LogP contribution is 2.30. The van der Waals surface area contributed by atoms with E-state index in [0.29, 0.717) is 58.5 Å². The van der Waals surface area contributed by atoms with Crippen molar-refractivity contribution >= 4 is 46.0 Å². The molecule has 1 aliphatic heterocycles. The van der Waals surface area contributed by atoms with E-state index in [4.69, 9.17) is 23.2 Å². The number of aromatic nitrogens is 3. The molecule has 156 valence electrons. The first-order valence-corrected chi connectivity index (χ1v) is 10.4. The maximum absolute atomic E-state index is 13.5. The lowest BCUT2D eigenvalue weighted by Gasteiger charge is -2.22. The monoisotopic (exact) mass is 445 g/mol. The third-order valence-corrected chi connectivity index (χ3v) is 5.76. The molecule has 0 bridgehead atoms. The van der Waals surface area contributed by atoms with E-state index in [1.807, 2.05) is 0 Å². The van der Waals surface area contributed by atoms with E-state index >= 15 is 0 Å². The third kappa shape index (κ3) is 4.00. The van der Waals surface area contributed by atoms with Crippen molar-refractivity contribution in [1.82, 2.24) is 24.6 Å². The number of carbonyl (C=O) groups excluding carboxylic acids is 2. The number of fused-ring (bicyclic) bond motifs is 1. The number of aryl methyl sites for hydroxylation is 1. The Balaban J connectivity index is 1.76. The van der Waals surface area contributed by atoms with Gasteiger partial charge in [0.2, 0.25) is 5.91 Å². The van der Waals surface area contributed by atoms with Crippen LogP contribution in [0.2, 0.25) is 10.0 Å². The SMILES string of the molecule is CC(=O)N1CCCN(C(=O)c2cc(-c3cc(Cl)cc(Cl)c3)nc3c2cnn3C)CC1. The molecule has 0 unspecified atom stereocenters. The van der Waals surface area contributed by atoms with Crippen molar-refractivity contribution in [3.63, 3.8) is 0 Å². The quantitative estimate of drug-likeness (QED) is 0.603. The van der Waals surface area contributed by atoms with Gasteiger partial charge in [0.15, 0.2) is 5.65 Å². The Kier molecular flexibility index (Phi) is 5.66. The molecule has 2 aromatic heterocycles. The van der Waals surface area contributed by atoms with Crippen LogP contribution >= 0.6 is 23.2 Å². The van der Waals surface area contributed by atoms with Gasteiger partial charge in [-0.2, -0.15) is 5.10 Å². The molecule has 0 aliphatic carbocycles. The van der Waals surface area contributed by atoms with Gasteiger partial charge >= 0.3 is 0 Å². The van der Waals surface area contributed by atoms with Crippen molar-refractivity contribution in [1.29, 1.82) is 0 Å². The van der Waals surface area contributed by atoms with Crippen molar-refractivity contribution in [2.75, 3.05) is 26.2 Å². The van der Waals surface area contributed by atoms with Gasteiger partial charge < -0.3 is 9.80 Å². The van der Waals surface area contributed by atoms with Crippen molar-refractivity contribution < 1.29 is 9.59 Å². The van der Waals surface area contributed by atoms with Gasteiger partial charge in [0, 0.05) is 55.8 Å². The van der Waals surface area contributed by atoms with Crippen LogP contribution in [-0.4, -0.2) is 62.6 Å². The number of nitrogens with zero attached hydrogens (tertiary/aromatic N) is 5. The molecule has 0 saturated carbocycles. The van der Waals surface area contributed by atoms with Gasteiger partial charge in [-0.15, -0.1) is 0 Å². The van der Waals surface area contributed by atoms with Crippen LogP contribution in [0.5, 0.6) is 0 Å². The van der Waals surface area contributed by atoms with E-state index in [2.05, 4.69) is 10.1 Å². The Morgan fingerprint density at radius 1 is 0.967 bits per heavy atom. The molecule has 1 aromatic carbocycles. The number of carbonyl (C=O) groups is 2. The highest BCUT2D eigenvalue weighted by Gasteiger charge is 2.24. The number of amides is 2.